The molecule has 0 atom stereocenters. The van der Waals surface area contributed by atoms with E-state index in [9.17, 15) is 22.8 Å². The van der Waals surface area contributed by atoms with Gasteiger partial charge in [0.05, 0.1) is 11.3 Å². The van der Waals surface area contributed by atoms with E-state index in [1.807, 2.05) is 0 Å². The molecule has 0 aliphatic rings. The second kappa shape index (κ2) is 7.90. The van der Waals surface area contributed by atoms with Crippen molar-refractivity contribution in [3.63, 3.8) is 0 Å². The Balaban J connectivity index is -0.000000653. The first-order valence-corrected chi connectivity index (χ1v) is 4.46. The first-order valence-electron chi connectivity index (χ1n) is 3.58. The van der Waals surface area contributed by atoms with Crippen molar-refractivity contribution in [2.75, 3.05) is 0 Å². The fraction of sp³-hybridized carbons (Fsp3) is 0.250. The van der Waals surface area contributed by atoms with Crippen LogP contribution >= 0.6 is 11.3 Å². The number of rotatable bonds is 3. The Morgan fingerprint density at radius 3 is 2.06 bits per heavy atom. The Bertz CT molecular complexity index is 347. The quantitative estimate of drug-likeness (QED) is 0.567. The van der Waals surface area contributed by atoms with Crippen molar-refractivity contribution in [2.24, 2.45) is 0 Å². The number of halogens is 3. The maximum atomic E-state index is 11.8. The lowest BCUT2D eigenvalue weighted by Crippen LogP contribution is -2.25. The van der Waals surface area contributed by atoms with Crippen molar-refractivity contribution >= 4 is 22.9 Å². The van der Waals surface area contributed by atoms with Gasteiger partial charge in [0.15, 0.2) is 5.78 Å². The summed E-state index contributed by atoms with van der Waals surface area (Å²) in [6.07, 6.45) is -6.03. The summed E-state index contributed by atoms with van der Waals surface area (Å²) in [5.41, 5.74) is 0. The smallest absolute Gasteiger partial charge is 0.412 e. The highest BCUT2D eigenvalue weighted by Gasteiger charge is 2.39. The predicted octanol–water partition coefficient (Wildman–Crippen LogP) is -0.0218. The summed E-state index contributed by atoms with van der Waals surface area (Å²) in [5.74, 6) is -2.79. The summed E-state index contributed by atoms with van der Waals surface area (Å²) in [7, 11) is 0. The third kappa shape index (κ3) is 6.12. The lowest BCUT2D eigenvalue weighted by Gasteiger charge is -2.02. The molecule has 0 radical (unpaired) electrons. The highest BCUT2D eigenvalue weighted by atomic mass is 32.1. The van der Waals surface area contributed by atoms with Gasteiger partial charge in [-0.1, -0.05) is 6.07 Å². The second-order valence-corrected chi connectivity index (χ2v) is 3.45. The second-order valence-electron chi connectivity index (χ2n) is 2.50. The first kappa shape index (κ1) is 21.0. The van der Waals surface area contributed by atoms with Crippen molar-refractivity contribution in [3.05, 3.63) is 22.4 Å². The van der Waals surface area contributed by atoms with E-state index < -0.39 is 24.2 Å². The third-order valence-corrected chi connectivity index (χ3v) is 2.34. The van der Waals surface area contributed by atoms with Crippen molar-refractivity contribution < 1.29 is 39.2 Å². The number of hydrogen-bond acceptors (Lipinski definition) is 3. The van der Waals surface area contributed by atoms with Gasteiger partial charge in [0.1, 0.15) is 0 Å². The molecule has 1 aromatic rings. The summed E-state index contributed by atoms with van der Waals surface area (Å²) in [6, 6.07) is 2.92. The van der Waals surface area contributed by atoms with E-state index in [1.165, 1.54) is 12.1 Å². The minimum atomic E-state index is -4.92. The molecule has 100 valence electrons. The van der Waals surface area contributed by atoms with Crippen LogP contribution < -0.4 is 0 Å². The molecular formula is C8H11F3O5S. The Kier molecular flexibility index (Phi) is 9.78. The van der Waals surface area contributed by atoms with Crippen LogP contribution in [0.3, 0.4) is 0 Å². The SMILES string of the molecule is O.O.O.O=C(CC(=O)C(F)(F)F)c1cccs1. The molecule has 0 aromatic carbocycles. The lowest BCUT2D eigenvalue weighted by atomic mass is 10.2. The number of carbonyl (C=O) groups is 2. The summed E-state index contributed by atoms with van der Waals surface area (Å²) < 4.78 is 35.3. The molecule has 0 amide bonds. The van der Waals surface area contributed by atoms with E-state index in [0.29, 0.717) is 0 Å². The van der Waals surface area contributed by atoms with E-state index in [4.69, 9.17) is 0 Å². The maximum absolute atomic E-state index is 11.8. The molecule has 0 saturated carbocycles. The number of thiophene rings is 1. The zero-order valence-electron chi connectivity index (χ0n) is 8.30. The standard InChI is InChI=1S/C8H5F3O2S.3H2O/c9-8(10,11)7(13)4-5(12)6-2-1-3-14-6;;;/h1-3H,4H2;3*1H2. The predicted molar refractivity (Wildman–Crippen MR) is 55.2 cm³/mol. The molecule has 1 aromatic heterocycles. The fourth-order valence-electron chi connectivity index (χ4n) is 0.770. The average molecular weight is 276 g/mol. The Morgan fingerprint density at radius 1 is 1.18 bits per heavy atom. The van der Waals surface area contributed by atoms with Crippen molar-refractivity contribution in [1.29, 1.82) is 0 Å². The lowest BCUT2D eigenvalue weighted by molar-refractivity contribution is -0.170. The van der Waals surface area contributed by atoms with Gasteiger partial charge in [0, 0.05) is 0 Å². The van der Waals surface area contributed by atoms with Gasteiger partial charge in [-0.2, -0.15) is 13.2 Å². The topological polar surface area (TPSA) is 129 Å². The molecule has 9 heteroatoms. The molecule has 0 aliphatic heterocycles. The van der Waals surface area contributed by atoms with Gasteiger partial charge in [-0.25, -0.2) is 0 Å². The molecule has 0 aliphatic carbocycles. The van der Waals surface area contributed by atoms with Crippen molar-refractivity contribution in [2.45, 2.75) is 12.6 Å². The molecule has 0 fully saturated rings. The van der Waals surface area contributed by atoms with E-state index >= 15 is 0 Å². The van der Waals surface area contributed by atoms with Crippen LogP contribution in [-0.2, 0) is 4.79 Å². The minimum Gasteiger partial charge on any atom is -0.412 e. The maximum Gasteiger partial charge on any atom is 0.450 e. The number of hydrogen-bond donors (Lipinski definition) is 0. The summed E-state index contributed by atoms with van der Waals surface area (Å²) >= 11 is 1.01. The molecule has 1 rings (SSSR count). The molecule has 0 saturated heterocycles. The Hall–Kier alpha value is -1.29. The van der Waals surface area contributed by atoms with Crippen LogP contribution in [0.15, 0.2) is 17.5 Å². The monoisotopic (exact) mass is 276 g/mol. The number of carbonyl (C=O) groups excluding carboxylic acids is 2. The zero-order valence-corrected chi connectivity index (χ0v) is 9.11. The van der Waals surface area contributed by atoms with Crippen LogP contribution in [0.4, 0.5) is 13.2 Å². The molecule has 0 spiro atoms. The normalized spacial score (nSPS) is 9.35. The average Bonchev–Trinajstić information content (AvgIpc) is 2.53. The number of Topliss-reactive ketones (excluding diaryl/α,β-unsaturated/α-hetero) is 2. The van der Waals surface area contributed by atoms with Crippen LogP contribution in [0.5, 0.6) is 0 Å². The Labute approximate surface area is 97.8 Å². The number of alkyl halides is 3. The summed E-state index contributed by atoms with van der Waals surface area (Å²) in [4.78, 5) is 21.7. The fourth-order valence-corrected chi connectivity index (χ4v) is 1.43. The largest absolute Gasteiger partial charge is 0.450 e. The van der Waals surface area contributed by atoms with Crippen LogP contribution in [0.1, 0.15) is 16.1 Å². The first-order chi connectivity index (χ1) is 6.41. The van der Waals surface area contributed by atoms with Gasteiger partial charge < -0.3 is 16.4 Å². The molecule has 1 heterocycles. The summed E-state index contributed by atoms with van der Waals surface area (Å²) in [6.45, 7) is 0. The van der Waals surface area contributed by atoms with Crippen LogP contribution in [0.2, 0.25) is 0 Å². The van der Waals surface area contributed by atoms with Crippen molar-refractivity contribution in [1.82, 2.24) is 0 Å². The summed E-state index contributed by atoms with van der Waals surface area (Å²) in [5, 5.41) is 1.56. The van der Waals surface area contributed by atoms with Crippen LogP contribution in [0.25, 0.3) is 0 Å². The van der Waals surface area contributed by atoms with Crippen molar-refractivity contribution in [3.8, 4) is 0 Å². The van der Waals surface area contributed by atoms with E-state index in [0.717, 1.165) is 11.3 Å². The minimum absolute atomic E-state index is 0. The van der Waals surface area contributed by atoms with Crippen LogP contribution in [-0.4, -0.2) is 34.2 Å². The molecule has 0 bridgehead atoms. The van der Waals surface area contributed by atoms with Gasteiger partial charge in [0.25, 0.3) is 0 Å². The third-order valence-electron chi connectivity index (χ3n) is 1.43. The molecule has 6 N–H and O–H groups in total. The Morgan fingerprint density at radius 2 is 1.71 bits per heavy atom. The van der Waals surface area contributed by atoms with Gasteiger partial charge in [-0.3, -0.25) is 9.59 Å². The molecule has 17 heavy (non-hydrogen) atoms. The van der Waals surface area contributed by atoms with E-state index in [2.05, 4.69) is 0 Å². The van der Waals surface area contributed by atoms with E-state index in [-0.39, 0.29) is 21.3 Å². The zero-order chi connectivity index (χ0) is 10.8. The molecule has 0 unspecified atom stereocenters. The molecular weight excluding hydrogens is 265 g/mol. The van der Waals surface area contributed by atoms with Gasteiger partial charge in [-0.15, -0.1) is 11.3 Å². The molecule has 5 nitrogen and oxygen atoms in total. The van der Waals surface area contributed by atoms with Crippen LogP contribution in [0, 0.1) is 0 Å². The van der Waals surface area contributed by atoms with Gasteiger partial charge in [-0.05, 0) is 11.4 Å². The highest BCUT2D eigenvalue weighted by molar-refractivity contribution is 7.12. The van der Waals surface area contributed by atoms with E-state index in [1.54, 1.807) is 5.38 Å². The van der Waals surface area contributed by atoms with Gasteiger partial charge in [0.2, 0.25) is 5.78 Å². The highest BCUT2D eigenvalue weighted by Crippen LogP contribution is 2.20. The van der Waals surface area contributed by atoms with Gasteiger partial charge >= 0.3 is 6.18 Å². The number of ketones is 2.